The molecule has 0 amide bonds. The van der Waals surface area contributed by atoms with Crippen molar-refractivity contribution in [3.8, 4) is 5.75 Å². The number of hydrogen-bond acceptors (Lipinski definition) is 5. The maximum absolute atomic E-state index is 13.9. The highest BCUT2D eigenvalue weighted by molar-refractivity contribution is 5.78. The fraction of sp³-hybridized carbons (Fsp3) is 0.417. The molecule has 0 aliphatic heterocycles. The lowest BCUT2D eigenvalue weighted by Crippen LogP contribution is -2.38. The van der Waals surface area contributed by atoms with Crippen molar-refractivity contribution in [2.45, 2.75) is 19.4 Å². The molecule has 0 aliphatic carbocycles. The van der Waals surface area contributed by atoms with Crippen LogP contribution >= 0.6 is 0 Å². The Balaban J connectivity index is 3.32. The van der Waals surface area contributed by atoms with Gasteiger partial charge in [0, 0.05) is 13.1 Å². The lowest BCUT2D eigenvalue weighted by molar-refractivity contribution is -0.385. The van der Waals surface area contributed by atoms with Crippen molar-refractivity contribution in [1.29, 1.82) is 0 Å². The van der Waals surface area contributed by atoms with Crippen molar-refractivity contribution in [2.24, 2.45) is 0 Å². The number of halogens is 1. The van der Waals surface area contributed by atoms with Crippen molar-refractivity contribution in [1.82, 2.24) is 0 Å². The highest BCUT2D eigenvalue weighted by atomic mass is 19.1. The molecular formula is C12H15FN2O5. The summed E-state index contributed by atoms with van der Waals surface area (Å²) in [6, 6.07) is 0.911. The number of rotatable bonds is 6. The Kier molecular flexibility index (Phi) is 4.84. The third-order valence-corrected chi connectivity index (χ3v) is 2.96. The zero-order valence-corrected chi connectivity index (χ0v) is 11.3. The highest BCUT2D eigenvalue weighted by Crippen LogP contribution is 2.34. The van der Waals surface area contributed by atoms with Gasteiger partial charge in [0.25, 0.3) is 0 Å². The van der Waals surface area contributed by atoms with Gasteiger partial charge in [-0.25, -0.2) is 9.18 Å². The molecule has 0 aliphatic rings. The van der Waals surface area contributed by atoms with Gasteiger partial charge in [0.15, 0.2) is 11.6 Å². The van der Waals surface area contributed by atoms with Crippen LogP contribution in [0, 0.1) is 15.9 Å². The molecule has 110 valence electrons. The molecule has 0 heterocycles. The summed E-state index contributed by atoms with van der Waals surface area (Å²) < 4.78 is 18.8. The van der Waals surface area contributed by atoms with Crippen LogP contribution in [0.25, 0.3) is 0 Å². The number of nitrogens with zero attached hydrogens (tertiary/aromatic N) is 2. The van der Waals surface area contributed by atoms with Crippen LogP contribution in [0.2, 0.25) is 0 Å². The lowest BCUT2D eigenvalue weighted by Gasteiger charge is -2.26. The van der Waals surface area contributed by atoms with E-state index >= 15 is 0 Å². The Bertz CT molecular complexity index is 535. The van der Waals surface area contributed by atoms with Gasteiger partial charge in [-0.15, -0.1) is 0 Å². The van der Waals surface area contributed by atoms with Crippen LogP contribution in [0.1, 0.15) is 13.3 Å². The molecule has 1 aromatic rings. The second-order valence-corrected chi connectivity index (χ2v) is 4.11. The molecule has 8 heteroatoms. The Morgan fingerprint density at radius 2 is 2.20 bits per heavy atom. The third-order valence-electron chi connectivity index (χ3n) is 2.96. The van der Waals surface area contributed by atoms with E-state index in [1.807, 2.05) is 0 Å². The standard InChI is InChI=1S/C12H15FN2O5/c1-4-8(12(16)17)14(2)9-6-11(20-3)10(15(18)19)5-7(9)13/h5-6,8H,4H2,1-3H3,(H,16,17). The number of likely N-dealkylation sites (N-methyl/N-ethyl adjacent to an activating group) is 1. The maximum atomic E-state index is 13.9. The monoisotopic (exact) mass is 286 g/mol. The average molecular weight is 286 g/mol. The quantitative estimate of drug-likeness (QED) is 0.635. The second kappa shape index (κ2) is 6.18. The number of anilines is 1. The minimum absolute atomic E-state index is 0.0679. The van der Waals surface area contributed by atoms with Crippen LogP contribution in [0.15, 0.2) is 12.1 Å². The largest absolute Gasteiger partial charge is 0.490 e. The second-order valence-electron chi connectivity index (χ2n) is 4.11. The van der Waals surface area contributed by atoms with Crippen molar-refractivity contribution < 1.29 is 24.0 Å². The molecule has 1 rings (SSSR count). The Morgan fingerprint density at radius 1 is 1.60 bits per heavy atom. The molecule has 0 aromatic heterocycles. The van der Waals surface area contributed by atoms with Crippen LogP contribution in [0.5, 0.6) is 5.75 Å². The van der Waals surface area contributed by atoms with E-state index in [1.54, 1.807) is 6.92 Å². The summed E-state index contributed by atoms with van der Waals surface area (Å²) in [5, 5.41) is 19.8. The maximum Gasteiger partial charge on any atom is 0.326 e. The molecule has 1 N–H and O–H groups in total. The van der Waals surface area contributed by atoms with Gasteiger partial charge in [0.2, 0.25) is 0 Å². The van der Waals surface area contributed by atoms with Crippen molar-refractivity contribution in [2.75, 3.05) is 19.1 Å². The Morgan fingerprint density at radius 3 is 2.60 bits per heavy atom. The lowest BCUT2D eigenvalue weighted by atomic mass is 10.1. The summed E-state index contributed by atoms with van der Waals surface area (Å²) in [4.78, 5) is 22.3. The van der Waals surface area contributed by atoms with Gasteiger partial charge >= 0.3 is 11.7 Å². The number of benzene rings is 1. The summed E-state index contributed by atoms with van der Waals surface area (Å²) >= 11 is 0. The highest BCUT2D eigenvalue weighted by Gasteiger charge is 2.26. The van der Waals surface area contributed by atoms with Crippen LogP contribution < -0.4 is 9.64 Å². The molecule has 7 nitrogen and oxygen atoms in total. The van der Waals surface area contributed by atoms with Crippen LogP contribution in [0.3, 0.4) is 0 Å². The molecule has 0 spiro atoms. The van der Waals surface area contributed by atoms with E-state index in [4.69, 9.17) is 9.84 Å². The fourth-order valence-electron chi connectivity index (χ4n) is 1.89. The molecule has 20 heavy (non-hydrogen) atoms. The van der Waals surface area contributed by atoms with Crippen LogP contribution in [-0.2, 0) is 4.79 Å². The van der Waals surface area contributed by atoms with Crippen LogP contribution in [0.4, 0.5) is 15.8 Å². The average Bonchev–Trinajstić information content (AvgIpc) is 2.38. The van der Waals surface area contributed by atoms with E-state index < -0.39 is 28.4 Å². The first-order chi connectivity index (χ1) is 9.33. The minimum atomic E-state index is -1.10. The van der Waals surface area contributed by atoms with E-state index in [-0.39, 0.29) is 17.9 Å². The Hall–Kier alpha value is -2.38. The third kappa shape index (κ3) is 2.95. The zero-order valence-electron chi connectivity index (χ0n) is 11.3. The molecule has 0 fully saturated rings. The molecular weight excluding hydrogens is 271 g/mol. The smallest absolute Gasteiger partial charge is 0.326 e. The number of carboxylic acids is 1. The number of hydrogen-bond donors (Lipinski definition) is 1. The number of ether oxygens (including phenoxy) is 1. The predicted molar refractivity (Wildman–Crippen MR) is 69.7 cm³/mol. The van der Waals surface area contributed by atoms with Crippen molar-refractivity contribution in [3.63, 3.8) is 0 Å². The van der Waals surface area contributed by atoms with Gasteiger partial charge in [0.1, 0.15) is 6.04 Å². The fourth-order valence-corrected chi connectivity index (χ4v) is 1.89. The van der Waals surface area contributed by atoms with E-state index in [0.717, 1.165) is 12.1 Å². The summed E-state index contributed by atoms with van der Waals surface area (Å²) in [5.74, 6) is -2.11. The van der Waals surface area contributed by atoms with E-state index in [1.165, 1.54) is 19.1 Å². The molecule has 0 radical (unpaired) electrons. The van der Waals surface area contributed by atoms with E-state index in [0.29, 0.717) is 0 Å². The number of nitro groups is 1. The number of methoxy groups -OCH3 is 1. The summed E-state index contributed by atoms with van der Waals surface area (Å²) in [6.07, 6.45) is 0.255. The SMILES string of the molecule is CCC(C(=O)O)N(C)c1cc(OC)c([N+](=O)[O-])cc1F. The Labute approximate surface area is 114 Å². The van der Waals surface area contributed by atoms with Gasteiger partial charge in [-0.1, -0.05) is 6.92 Å². The number of carbonyl (C=O) groups is 1. The van der Waals surface area contributed by atoms with E-state index in [2.05, 4.69) is 0 Å². The van der Waals surface area contributed by atoms with Gasteiger partial charge in [0.05, 0.1) is 23.8 Å². The van der Waals surface area contributed by atoms with E-state index in [9.17, 15) is 19.3 Å². The molecule has 0 saturated heterocycles. The summed E-state index contributed by atoms with van der Waals surface area (Å²) in [5.41, 5.74) is -0.577. The number of nitro benzene ring substituents is 1. The molecule has 1 atom stereocenters. The summed E-state index contributed by atoms with van der Waals surface area (Å²) in [6.45, 7) is 1.65. The normalized spacial score (nSPS) is 11.8. The first-order valence-electron chi connectivity index (χ1n) is 5.81. The predicted octanol–water partition coefficient (Wildman–Crippen LogP) is 2.04. The molecule has 1 unspecified atom stereocenters. The number of carboxylic acid groups (broad SMARTS) is 1. The van der Waals surface area contributed by atoms with Crippen molar-refractivity contribution in [3.05, 3.63) is 28.1 Å². The first-order valence-corrected chi connectivity index (χ1v) is 5.81. The van der Waals surface area contributed by atoms with Crippen LogP contribution in [-0.4, -0.2) is 36.2 Å². The number of aliphatic carboxylic acids is 1. The van der Waals surface area contributed by atoms with Gasteiger partial charge in [-0.2, -0.15) is 0 Å². The summed E-state index contributed by atoms with van der Waals surface area (Å²) in [7, 11) is 2.63. The first kappa shape index (κ1) is 15.7. The molecule has 1 aromatic carbocycles. The zero-order chi connectivity index (χ0) is 15.4. The van der Waals surface area contributed by atoms with Gasteiger partial charge in [-0.05, 0) is 6.42 Å². The topological polar surface area (TPSA) is 92.9 Å². The molecule has 0 saturated carbocycles. The molecule has 0 bridgehead atoms. The van der Waals surface area contributed by atoms with Crippen molar-refractivity contribution >= 4 is 17.3 Å². The minimum Gasteiger partial charge on any atom is -0.490 e. The van der Waals surface area contributed by atoms with Gasteiger partial charge < -0.3 is 14.7 Å². The van der Waals surface area contributed by atoms with Gasteiger partial charge in [-0.3, -0.25) is 10.1 Å².